The second kappa shape index (κ2) is 3.41. The molecule has 0 saturated carbocycles. The molecule has 1 aliphatic heterocycles. The lowest BCUT2D eigenvalue weighted by atomic mass is 10.2. The summed E-state index contributed by atoms with van der Waals surface area (Å²) in [7, 11) is 0. The number of azide groups is 1. The number of aliphatic hydroxyl groups is 1. The Morgan fingerprint density at radius 2 is 2.60 bits per heavy atom. The normalized spacial score (nSPS) is 31.7. The van der Waals surface area contributed by atoms with E-state index in [0.717, 1.165) is 0 Å². The van der Waals surface area contributed by atoms with Gasteiger partial charge in [-0.25, -0.2) is 0 Å². The summed E-state index contributed by atoms with van der Waals surface area (Å²) in [6.07, 6.45) is 0.429. The molecule has 2 atom stereocenters. The topological polar surface area (TPSA) is 81.0 Å². The van der Waals surface area contributed by atoms with Crippen molar-refractivity contribution in [2.75, 3.05) is 13.1 Å². The van der Waals surface area contributed by atoms with Crippen LogP contribution < -0.4 is 5.32 Å². The van der Waals surface area contributed by atoms with E-state index in [1.165, 1.54) is 0 Å². The van der Waals surface area contributed by atoms with Gasteiger partial charge in [0.15, 0.2) is 0 Å². The number of hydrogen-bond acceptors (Lipinski definition) is 3. The average molecular weight is 142 g/mol. The minimum Gasteiger partial charge on any atom is -0.392 e. The summed E-state index contributed by atoms with van der Waals surface area (Å²) in [5.41, 5.74) is 7.96. The molecular formula is C5H10N4O. The van der Waals surface area contributed by atoms with Gasteiger partial charge in [-0.15, -0.1) is 0 Å². The van der Waals surface area contributed by atoms with Gasteiger partial charge in [-0.2, -0.15) is 0 Å². The fraction of sp³-hybridized carbons (Fsp3) is 1.00. The zero-order chi connectivity index (χ0) is 7.40. The smallest absolute Gasteiger partial charge is 0.0679 e. The van der Waals surface area contributed by atoms with E-state index >= 15 is 0 Å². The van der Waals surface area contributed by atoms with E-state index < -0.39 is 0 Å². The molecule has 0 bridgehead atoms. The van der Waals surface area contributed by atoms with Gasteiger partial charge in [-0.1, -0.05) is 5.11 Å². The standard InChI is InChI=1S/C5H10N4O/c6-9-8-2-4-1-5(10)3-7-4/h4-5,7,10H,1-3H2/t4-,5-/m1/s1. The highest BCUT2D eigenvalue weighted by Crippen LogP contribution is 2.05. The minimum absolute atomic E-state index is 0.172. The van der Waals surface area contributed by atoms with E-state index in [2.05, 4.69) is 15.3 Å². The molecule has 0 spiro atoms. The zero-order valence-electron chi connectivity index (χ0n) is 5.56. The van der Waals surface area contributed by atoms with Crippen molar-refractivity contribution in [3.63, 3.8) is 0 Å². The molecule has 1 heterocycles. The third-order valence-electron chi connectivity index (χ3n) is 1.56. The molecule has 5 nitrogen and oxygen atoms in total. The lowest BCUT2D eigenvalue weighted by molar-refractivity contribution is 0.193. The number of hydrogen-bond donors (Lipinski definition) is 2. The second-order valence-electron chi connectivity index (χ2n) is 2.41. The van der Waals surface area contributed by atoms with Crippen LogP contribution in [0, 0.1) is 0 Å². The lowest BCUT2D eigenvalue weighted by Crippen LogP contribution is -2.23. The molecule has 1 aliphatic rings. The zero-order valence-corrected chi connectivity index (χ0v) is 5.56. The van der Waals surface area contributed by atoms with E-state index in [9.17, 15) is 0 Å². The first-order valence-electron chi connectivity index (χ1n) is 3.25. The monoisotopic (exact) mass is 142 g/mol. The SMILES string of the molecule is [N-]=[N+]=NC[C@H]1C[C@@H](O)CN1. The first-order valence-corrected chi connectivity index (χ1v) is 3.25. The van der Waals surface area contributed by atoms with Crippen LogP contribution in [0.3, 0.4) is 0 Å². The fourth-order valence-electron chi connectivity index (χ4n) is 1.07. The third-order valence-corrected chi connectivity index (χ3v) is 1.56. The van der Waals surface area contributed by atoms with Crippen LogP contribution >= 0.6 is 0 Å². The first-order chi connectivity index (χ1) is 4.83. The number of nitrogens with one attached hydrogen (secondary N) is 1. The first kappa shape index (κ1) is 7.34. The molecule has 0 radical (unpaired) electrons. The number of β-amino-alcohol motifs (C(OH)–C–C–N with tert-alkyl or cyclic N) is 1. The third kappa shape index (κ3) is 1.88. The predicted molar refractivity (Wildman–Crippen MR) is 36.4 cm³/mol. The quantitative estimate of drug-likeness (QED) is 0.323. The fourth-order valence-corrected chi connectivity index (χ4v) is 1.07. The number of rotatable bonds is 2. The summed E-state index contributed by atoms with van der Waals surface area (Å²) in [4.78, 5) is 2.63. The summed E-state index contributed by atoms with van der Waals surface area (Å²) < 4.78 is 0. The molecule has 2 N–H and O–H groups in total. The Hall–Kier alpha value is -0.770. The van der Waals surface area contributed by atoms with Gasteiger partial charge in [0.1, 0.15) is 0 Å². The van der Waals surface area contributed by atoms with Crippen LogP contribution in [0.4, 0.5) is 0 Å². The van der Waals surface area contributed by atoms with Crippen molar-refractivity contribution in [1.29, 1.82) is 0 Å². The summed E-state index contributed by atoms with van der Waals surface area (Å²) in [5, 5.41) is 15.4. The van der Waals surface area contributed by atoms with E-state index in [1.807, 2.05) is 0 Å². The molecule has 0 aromatic heterocycles. The molecular weight excluding hydrogens is 132 g/mol. The summed E-state index contributed by atoms with van der Waals surface area (Å²) in [5.74, 6) is 0. The summed E-state index contributed by atoms with van der Waals surface area (Å²) in [6, 6.07) is 0.172. The highest BCUT2D eigenvalue weighted by atomic mass is 16.3. The van der Waals surface area contributed by atoms with Crippen molar-refractivity contribution < 1.29 is 5.11 Å². The van der Waals surface area contributed by atoms with Crippen molar-refractivity contribution in [3.05, 3.63) is 10.4 Å². The van der Waals surface area contributed by atoms with Crippen molar-refractivity contribution in [2.45, 2.75) is 18.6 Å². The van der Waals surface area contributed by atoms with Gasteiger partial charge in [-0.3, -0.25) is 0 Å². The molecule has 1 saturated heterocycles. The molecule has 10 heavy (non-hydrogen) atoms. The Labute approximate surface area is 58.7 Å². The van der Waals surface area contributed by atoms with Crippen LogP contribution in [-0.2, 0) is 0 Å². The maximum atomic E-state index is 9.00. The molecule has 0 aliphatic carbocycles. The van der Waals surface area contributed by atoms with Crippen molar-refractivity contribution in [1.82, 2.24) is 5.32 Å². The minimum atomic E-state index is -0.265. The van der Waals surface area contributed by atoms with Crippen LogP contribution in [-0.4, -0.2) is 30.3 Å². The van der Waals surface area contributed by atoms with Crippen molar-refractivity contribution in [3.8, 4) is 0 Å². The maximum absolute atomic E-state index is 9.00. The van der Waals surface area contributed by atoms with Crippen LogP contribution in [0.5, 0.6) is 0 Å². The number of nitrogens with zero attached hydrogens (tertiary/aromatic N) is 3. The van der Waals surface area contributed by atoms with E-state index in [1.54, 1.807) is 0 Å². The van der Waals surface area contributed by atoms with Gasteiger partial charge in [0.2, 0.25) is 0 Å². The van der Waals surface area contributed by atoms with Gasteiger partial charge in [-0.05, 0) is 12.0 Å². The van der Waals surface area contributed by atoms with Gasteiger partial charge < -0.3 is 10.4 Å². The van der Waals surface area contributed by atoms with E-state index in [0.29, 0.717) is 19.5 Å². The Morgan fingerprint density at radius 3 is 3.10 bits per heavy atom. The highest BCUT2D eigenvalue weighted by molar-refractivity contribution is 4.82. The molecule has 56 valence electrons. The maximum Gasteiger partial charge on any atom is 0.0679 e. The van der Waals surface area contributed by atoms with E-state index in [-0.39, 0.29) is 12.1 Å². The summed E-state index contributed by atoms with van der Waals surface area (Å²) >= 11 is 0. The van der Waals surface area contributed by atoms with Crippen LogP contribution in [0.25, 0.3) is 10.4 Å². The second-order valence-corrected chi connectivity index (χ2v) is 2.41. The van der Waals surface area contributed by atoms with Crippen LogP contribution in [0.2, 0.25) is 0 Å². The molecule has 0 amide bonds. The van der Waals surface area contributed by atoms with Crippen molar-refractivity contribution >= 4 is 0 Å². The Morgan fingerprint density at radius 1 is 1.80 bits per heavy atom. The number of aliphatic hydroxyl groups excluding tert-OH is 1. The summed E-state index contributed by atoms with van der Waals surface area (Å²) in [6.45, 7) is 1.05. The average Bonchev–Trinajstić information content (AvgIpc) is 2.31. The van der Waals surface area contributed by atoms with Gasteiger partial charge in [0.05, 0.1) is 6.10 Å². The van der Waals surface area contributed by atoms with Gasteiger partial charge in [0.25, 0.3) is 0 Å². The highest BCUT2D eigenvalue weighted by Gasteiger charge is 2.20. The Kier molecular flexibility index (Phi) is 2.50. The van der Waals surface area contributed by atoms with Gasteiger partial charge >= 0.3 is 0 Å². The van der Waals surface area contributed by atoms with Crippen LogP contribution in [0.15, 0.2) is 5.11 Å². The molecule has 5 heteroatoms. The molecule has 0 unspecified atom stereocenters. The predicted octanol–water partition coefficient (Wildman–Crippen LogP) is 0.0195. The molecule has 1 fully saturated rings. The Balaban J connectivity index is 2.24. The largest absolute Gasteiger partial charge is 0.392 e. The van der Waals surface area contributed by atoms with Crippen molar-refractivity contribution in [2.24, 2.45) is 5.11 Å². The molecule has 0 aromatic carbocycles. The molecule has 0 aromatic rings. The van der Waals surface area contributed by atoms with E-state index in [4.69, 9.17) is 10.6 Å². The lowest BCUT2D eigenvalue weighted by Gasteiger charge is -2.02. The molecule has 1 rings (SSSR count). The Bertz CT molecular complexity index is 154. The van der Waals surface area contributed by atoms with Crippen LogP contribution in [0.1, 0.15) is 6.42 Å². The van der Waals surface area contributed by atoms with Gasteiger partial charge in [0, 0.05) is 24.0 Å².